The van der Waals surface area contributed by atoms with E-state index in [1.807, 2.05) is 43.3 Å². The third-order valence-corrected chi connectivity index (χ3v) is 3.63. The molecule has 24 heavy (non-hydrogen) atoms. The molecule has 0 atom stereocenters. The van der Waals surface area contributed by atoms with Crippen LogP contribution in [0.15, 0.2) is 48.5 Å². The van der Waals surface area contributed by atoms with E-state index in [2.05, 4.69) is 5.32 Å². The highest BCUT2D eigenvalue weighted by Gasteiger charge is 2.34. The third-order valence-electron chi connectivity index (χ3n) is 3.63. The highest BCUT2D eigenvalue weighted by Crippen LogP contribution is 2.31. The van der Waals surface area contributed by atoms with Crippen LogP contribution in [-0.2, 0) is 12.6 Å². The minimum Gasteiger partial charge on any atom is -0.378 e. The van der Waals surface area contributed by atoms with Crippen LogP contribution < -0.4 is 10.2 Å². The molecule has 2 aromatic rings. The summed E-state index contributed by atoms with van der Waals surface area (Å²) in [5, 5.41) is 2.55. The van der Waals surface area contributed by atoms with Gasteiger partial charge in [0, 0.05) is 26.3 Å². The van der Waals surface area contributed by atoms with Crippen molar-refractivity contribution < 1.29 is 18.0 Å². The van der Waals surface area contributed by atoms with E-state index in [0.29, 0.717) is 6.42 Å². The zero-order valence-corrected chi connectivity index (χ0v) is 13.5. The molecule has 0 aromatic heterocycles. The van der Waals surface area contributed by atoms with Gasteiger partial charge in [-0.15, -0.1) is 0 Å². The molecule has 1 amide bonds. The number of carbonyl (C=O) groups is 1. The maximum atomic E-state index is 12.9. The number of halogens is 3. The van der Waals surface area contributed by atoms with E-state index in [4.69, 9.17) is 0 Å². The van der Waals surface area contributed by atoms with Crippen LogP contribution in [0.5, 0.6) is 0 Å². The quantitative estimate of drug-likeness (QED) is 0.902. The lowest BCUT2D eigenvalue weighted by Crippen LogP contribution is -2.28. The first kappa shape index (κ1) is 17.8. The number of alkyl halides is 3. The number of nitrogens with one attached hydrogen (secondary N) is 1. The SMILES string of the molecule is CN(C)c1ccc(CCNC(=O)c2ccccc2C(F)(F)F)cc1. The van der Waals surface area contributed by atoms with Crippen molar-refractivity contribution in [2.75, 3.05) is 25.5 Å². The van der Waals surface area contributed by atoms with E-state index in [-0.39, 0.29) is 12.1 Å². The van der Waals surface area contributed by atoms with Crippen LogP contribution in [0.25, 0.3) is 0 Å². The molecule has 0 aliphatic heterocycles. The maximum absolute atomic E-state index is 12.9. The van der Waals surface area contributed by atoms with Crippen molar-refractivity contribution in [3.05, 3.63) is 65.2 Å². The molecular formula is C18H19F3N2O. The number of hydrogen-bond acceptors (Lipinski definition) is 2. The zero-order valence-electron chi connectivity index (χ0n) is 13.5. The lowest BCUT2D eigenvalue weighted by Gasteiger charge is -2.14. The van der Waals surface area contributed by atoms with Crippen LogP contribution in [0.3, 0.4) is 0 Å². The first-order chi connectivity index (χ1) is 11.3. The number of carbonyl (C=O) groups excluding carboxylic acids is 1. The minimum atomic E-state index is -4.55. The van der Waals surface area contributed by atoms with Crippen molar-refractivity contribution in [1.29, 1.82) is 0 Å². The number of amides is 1. The molecular weight excluding hydrogens is 317 g/mol. The molecule has 0 aliphatic rings. The van der Waals surface area contributed by atoms with Gasteiger partial charge in [-0.05, 0) is 36.2 Å². The molecule has 6 heteroatoms. The number of anilines is 1. The van der Waals surface area contributed by atoms with Gasteiger partial charge in [-0.1, -0.05) is 24.3 Å². The Labute approximate surface area is 139 Å². The molecule has 2 rings (SSSR count). The highest BCUT2D eigenvalue weighted by atomic mass is 19.4. The Morgan fingerprint density at radius 2 is 1.67 bits per heavy atom. The number of nitrogens with zero attached hydrogens (tertiary/aromatic N) is 1. The highest BCUT2D eigenvalue weighted by molar-refractivity contribution is 5.95. The second kappa shape index (κ2) is 7.38. The van der Waals surface area contributed by atoms with Gasteiger partial charge in [0.15, 0.2) is 0 Å². The summed E-state index contributed by atoms with van der Waals surface area (Å²) in [5.74, 6) is -0.715. The maximum Gasteiger partial charge on any atom is 0.417 e. The number of hydrogen-bond donors (Lipinski definition) is 1. The summed E-state index contributed by atoms with van der Waals surface area (Å²) < 4.78 is 38.7. The molecule has 0 fully saturated rings. The summed E-state index contributed by atoms with van der Waals surface area (Å²) in [5.41, 5.74) is 0.790. The van der Waals surface area contributed by atoms with Crippen LogP contribution in [0, 0.1) is 0 Å². The van der Waals surface area contributed by atoms with Crippen molar-refractivity contribution in [2.24, 2.45) is 0 Å². The molecule has 128 valence electrons. The molecule has 0 unspecified atom stereocenters. The van der Waals surface area contributed by atoms with Crippen LogP contribution in [0.2, 0.25) is 0 Å². The second-order valence-electron chi connectivity index (χ2n) is 5.61. The lowest BCUT2D eigenvalue weighted by atomic mass is 10.1. The van der Waals surface area contributed by atoms with E-state index in [9.17, 15) is 18.0 Å². The fraction of sp³-hybridized carbons (Fsp3) is 0.278. The zero-order chi connectivity index (χ0) is 17.7. The first-order valence-electron chi connectivity index (χ1n) is 7.49. The summed E-state index contributed by atoms with van der Waals surface area (Å²) in [7, 11) is 3.88. The van der Waals surface area contributed by atoms with Crippen molar-refractivity contribution in [2.45, 2.75) is 12.6 Å². The van der Waals surface area contributed by atoms with Crippen molar-refractivity contribution in [3.63, 3.8) is 0 Å². The van der Waals surface area contributed by atoms with E-state index >= 15 is 0 Å². The Bertz CT molecular complexity index is 694. The summed E-state index contributed by atoms with van der Waals surface area (Å²) in [4.78, 5) is 14.0. The molecule has 1 N–H and O–H groups in total. The molecule has 0 radical (unpaired) electrons. The topological polar surface area (TPSA) is 32.3 Å². The summed E-state index contributed by atoms with van der Waals surface area (Å²) in [6.07, 6.45) is -4.00. The second-order valence-corrected chi connectivity index (χ2v) is 5.61. The Morgan fingerprint density at radius 1 is 1.04 bits per heavy atom. The molecule has 0 heterocycles. The van der Waals surface area contributed by atoms with Crippen LogP contribution in [0.4, 0.5) is 18.9 Å². The van der Waals surface area contributed by atoms with Gasteiger partial charge >= 0.3 is 6.18 Å². The van der Waals surface area contributed by atoms with E-state index in [1.165, 1.54) is 18.2 Å². The van der Waals surface area contributed by atoms with Crippen molar-refractivity contribution in [1.82, 2.24) is 5.32 Å². The van der Waals surface area contributed by atoms with E-state index in [1.54, 1.807) is 0 Å². The minimum absolute atomic E-state index is 0.270. The predicted octanol–water partition coefficient (Wildman–Crippen LogP) is 3.74. The molecule has 0 spiro atoms. The van der Waals surface area contributed by atoms with Crippen LogP contribution in [-0.4, -0.2) is 26.5 Å². The Morgan fingerprint density at radius 3 is 2.25 bits per heavy atom. The average molecular weight is 336 g/mol. The van der Waals surface area contributed by atoms with E-state index < -0.39 is 17.6 Å². The lowest BCUT2D eigenvalue weighted by molar-refractivity contribution is -0.137. The Hall–Kier alpha value is -2.50. The summed E-state index contributed by atoms with van der Waals surface area (Å²) >= 11 is 0. The largest absolute Gasteiger partial charge is 0.417 e. The molecule has 0 saturated carbocycles. The predicted molar refractivity (Wildman–Crippen MR) is 88.3 cm³/mol. The average Bonchev–Trinajstić information content (AvgIpc) is 2.54. The molecule has 0 bridgehead atoms. The molecule has 0 aliphatic carbocycles. The van der Waals surface area contributed by atoms with Crippen LogP contribution in [0.1, 0.15) is 21.5 Å². The van der Waals surface area contributed by atoms with Gasteiger partial charge in [0.2, 0.25) is 0 Å². The van der Waals surface area contributed by atoms with E-state index in [0.717, 1.165) is 17.3 Å². The van der Waals surface area contributed by atoms with Gasteiger partial charge in [0.05, 0.1) is 11.1 Å². The van der Waals surface area contributed by atoms with Gasteiger partial charge in [-0.2, -0.15) is 13.2 Å². The smallest absolute Gasteiger partial charge is 0.378 e. The van der Waals surface area contributed by atoms with Gasteiger partial charge in [-0.3, -0.25) is 4.79 Å². The first-order valence-corrected chi connectivity index (χ1v) is 7.49. The number of benzene rings is 2. The molecule has 2 aromatic carbocycles. The Balaban J connectivity index is 1.97. The number of rotatable bonds is 5. The Kier molecular flexibility index (Phi) is 5.49. The van der Waals surface area contributed by atoms with Gasteiger partial charge in [0.25, 0.3) is 5.91 Å². The fourth-order valence-corrected chi connectivity index (χ4v) is 2.30. The summed E-state index contributed by atoms with van der Waals surface area (Å²) in [6, 6.07) is 12.6. The molecule has 0 saturated heterocycles. The summed E-state index contributed by atoms with van der Waals surface area (Å²) in [6.45, 7) is 0.270. The monoisotopic (exact) mass is 336 g/mol. The normalized spacial score (nSPS) is 11.2. The van der Waals surface area contributed by atoms with Gasteiger partial charge in [0.1, 0.15) is 0 Å². The standard InChI is InChI=1S/C18H19F3N2O/c1-23(2)14-9-7-13(8-10-14)11-12-22-17(24)15-5-3-4-6-16(15)18(19,20)21/h3-10H,11-12H2,1-2H3,(H,22,24). The fourth-order valence-electron chi connectivity index (χ4n) is 2.30. The van der Waals surface area contributed by atoms with Gasteiger partial charge < -0.3 is 10.2 Å². The molecule has 3 nitrogen and oxygen atoms in total. The van der Waals surface area contributed by atoms with Gasteiger partial charge in [-0.25, -0.2) is 0 Å². The third kappa shape index (κ3) is 4.50. The van der Waals surface area contributed by atoms with Crippen molar-refractivity contribution in [3.8, 4) is 0 Å². The van der Waals surface area contributed by atoms with Crippen molar-refractivity contribution >= 4 is 11.6 Å². The van der Waals surface area contributed by atoms with Crippen LogP contribution >= 0.6 is 0 Å².